The molecule has 1 amide bonds. The first-order valence-corrected chi connectivity index (χ1v) is 11.1. The van der Waals surface area contributed by atoms with Gasteiger partial charge in [-0.2, -0.15) is 0 Å². The van der Waals surface area contributed by atoms with E-state index >= 15 is 0 Å². The summed E-state index contributed by atoms with van der Waals surface area (Å²) in [7, 11) is 0. The first-order chi connectivity index (χ1) is 14.2. The van der Waals surface area contributed by atoms with Crippen molar-refractivity contribution in [2.45, 2.75) is 44.3 Å². The molecule has 1 unspecified atom stereocenters. The Balaban J connectivity index is 1.42. The maximum Gasteiger partial charge on any atom is 0.230 e. The lowest BCUT2D eigenvalue weighted by Crippen LogP contribution is -2.31. The van der Waals surface area contributed by atoms with Crippen LogP contribution in [0.4, 0.5) is 0 Å². The fraction of sp³-hybridized carbons (Fsp3) is 0.348. The molecule has 1 aromatic heterocycles. The third-order valence-electron chi connectivity index (χ3n) is 5.33. The summed E-state index contributed by atoms with van der Waals surface area (Å²) in [5.41, 5.74) is 4.72. The van der Waals surface area contributed by atoms with E-state index in [0.717, 1.165) is 17.3 Å². The summed E-state index contributed by atoms with van der Waals surface area (Å²) in [6, 6.07) is 16.8. The number of thioether (sulfide) groups is 1. The molecular formula is C23H26N4OS. The summed E-state index contributed by atoms with van der Waals surface area (Å²) >= 11 is 1.42. The first-order valence-electron chi connectivity index (χ1n) is 10.1. The first kappa shape index (κ1) is 19.7. The van der Waals surface area contributed by atoms with Crippen molar-refractivity contribution in [2.75, 3.05) is 5.75 Å². The Morgan fingerprint density at radius 3 is 2.69 bits per heavy atom. The molecule has 0 radical (unpaired) electrons. The van der Waals surface area contributed by atoms with Crippen LogP contribution in [0.5, 0.6) is 0 Å². The van der Waals surface area contributed by atoms with E-state index in [4.69, 9.17) is 0 Å². The molecule has 0 spiro atoms. The van der Waals surface area contributed by atoms with E-state index in [9.17, 15) is 4.79 Å². The smallest absolute Gasteiger partial charge is 0.230 e. The van der Waals surface area contributed by atoms with Crippen LogP contribution in [-0.4, -0.2) is 26.4 Å². The summed E-state index contributed by atoms with van der Waals surface area (Å²) in [5, 5.41) is 12.3. The highest BCUT2D eigenvalue weighted by atomic mass is 32.2. The van der Waals surface area contributed by atoms with E-state index < -0.39 is 0 Å². The highest BCUT2D eigenvalue weighted by Gasteiger charge is 2.33. The number of hydrogen-bond donors (Lipinski definition) is 1. The van der Waals surface area contributed by atoms with Gasteiger partial charge in [0.2, 0.25) is 5.91 Å². The normalized spacial score (nSPS) is 14.6. The van der Waals surface area contributed by atoms with Gasteiger partial charge in [0.15, 0.2) is 5.16 Å². The zero-order chi connectivity index (χ0) is 20.2. The second kappa shape index (κ2) is 8.82. The van der Waals surface area contributed by atoms with E-state index in [1.165, 1.54) is 41.3 Å². The van der Waals surface area contributed by atoms with Crippen molar-refractivity contribution in [2.24, 2.45) is 5.92 Å². The lowest BCUT2D eigenvalue weighted by atomic mass is 10.0. The van der Waals surface area contributed by atoms with Gasteiger partial charge >= 0.3 is 0 Å². The summed E-state index contributed by atoms with van der Waals surface area (Å²) in [5.74, 6) is 0.903. The van der Waals surface area contributed by atoms with Crippen molar-refractivity contribution < 1.29 is 4.79 Å². The van der Waals surface area contributed by atoms with Crippen LogP contribution in [0.1, 0.15) is 42.5 Å². The van der Waals surface area contributed by atoms with Crippen molar-refractivity contribution >= 4 is 17.7 Å². The van der Waals surface area contributed by atoms with Crippen LogP contribution in [0.3, 0.4) is 0 Å². The van der Waals surface area contributed by atoms with Crippen molar-refractivity contribution in [1.82, 2.24) is 20.1 Å². The number of aromatic nitrogens is 3. The lowest BCUT2D eigenvalue weighted by Gasteiger charge is -2.19. The highest BCUT2D eigenvalue weighted by Crippen LogP contribution is 2.41. The minimum Gasteiger partial charge on any atom is -0.348 e. The van der Waals surface area contributed by atoms with Gasteiger partial charge in [0.05, 0.1) is 17.5 Å². The number of para-hydroxylation sites is 1. The number of amides is 1. The van der Waals surface area contributed by atoms with Crippen molar-refractivity contribution in [1.29, 1.82) is 0 Å². The van der Waals surface area contributed by atoms with E-state index in [1.807, 2.05) is 16.7 Å². The molecule has 29 heavy (non-hydrogen) atoms. The monoisotopic (exact) mass is 406 g/mol. The maximum atomic E-state index is 12.7. The molecule has 1 aliphatic rings. The second-order valence-electron chi connectivity index (χ2n) is 7.55. The molecule has 1 aliphatic carbocycles. The summed E-state index contributed by atoms with van der Waals surface area (Å²) in [4.78, 5) is 12.7. The number of carbonyl (C=O) groups is 1. The fourth-order valence-electron chi connectivity index (χ4n) is 3.55. The molecule has 1 fully saturated rings. The number of nitrogens with one attached hydrogen (secondary N) is 1. The SMILES string of the molecule is CCc1ccccc1-n1cnnc1SCC(=O)NC(c1ccc(C)cc1)C1CC1. The molecule has 150 valence electrons. The van der Waals surface area contributed by atoms with Crippen molar-refractivity contribution in [3.63, 3.8) is 0 Å². The van der Waals surface area contributed by atoms with Gasteiger partial charge in [-0.1, -0.05) is 66.7 Å². The standard InChI is InChI=1S/C23H26N4OS/c1-3-17-6-4-5-7-20(17)27-15-24-26-23(27)29-14-21(28)25-22(19-12-13-19)18-10-8-16(2)9-11-18/h4-11,15,19,22H,3,12-14H2,1-2H3,(H,25,28). The van der Waals surface area contributed by atoms with Gasteiger partial charge in [-0.05, 0) is 49.3 Å². The maximum absolute atomic E-state index is 12.7. The minimum absolute atomic E-state index is 0.0331. The summed E-state index contributed by atoms with van der Waals surface area (Å²) < 4.78 is 1.97. The van der Waals surface area contributed by atoms with E-state index in [0.29, 0.717) is 11.7 Å². The van der Waals surface area contributed by atoms with Crippen LogP contribution < -0.4 is 5.32 Å². The number of nitrogens with zero attached hydrogens (tertiary/aromatic N) is 3. The molecule has 0 bridgehead atoms. The molecular weight excluding hydrogens is 380 g/mol. The molecule has 0 aliphatic heterocycles. The number of benzene rings is 2. The second-order valence-corrected chi connectivity index (χ2v) is 8.49. The Labute approximate surface area is 175 Å². The average molecular weight is 407 g/mol. The molecule has 4 rings (SSSR count). The van der Waals surface area contributed by atoms with Crippen LogP contribution in [0, 0.1) is 12.8 Å². The molecule has 0 saturated heterocycles. The van der Waals surface area contributed by atoms with Gasteiger partial charge in [0.1, 0.15) is 6.33 Å². The third kappa shape index (κ3) is 4.70. The van der Waals surface area contributed by atoms with Gasteiger partial charge in [0, 0.05) is 0 Å². The molecule has 3 aromatic rings. The Kier molecular flexibility index (Phi) is 6.00. The molecule has 1 N–H and O–H groups in total. The summed E-state index contributed by atoms with van der Waals surface area (Å²) in [6.45, 7) is 4.21. The Hall–Kier alpha value is -2.60. The quantitative estimate of drug-likeness (QED) is 0.560. The van der Waals surface area contributed by atoms with Crippen molar-refractivity contribution in [3.8, 4) is 5.69 Å². The van der Waals surface area contributed by atoms with Gasteiger partial charge in [-0.15, -0.1) is 10.2 Å². The van der Waals surface area contributed by atoms with Crippen LogP contribution in [0.15, 0.2) is 60.0 Å². The number of aryl methyl sites for hydroxylation is 2. The largest absolute Gasteiger partial charge is 0.348 e. The predicted molar refractivity (Wildman–Crippen MR) is 116 cm³/mol. The zero-order valence-corrected chi connectivity index (χ0v) is 17.7. The molecule has 1 atom stereocenters. The molecule has 2 aromatic carbocycles. The van der Waals surface area contributed by atoms with Gasteiger partial charge in [-0.3, -0.25) is 9.36 Å². The van der Waals surface area contributed by atoms with E-state index in [1.54, 1.807) is 6.33 Å². The number of rotatable bonds is 8. The van der Waals surface area contributed by atoms with E-state index in [2.05, 4.69) is 65.8 Å². The summed E-state index contributed by atoms with van der Waals surface area (Å²) in [6.07, 6.45) is 4.99. The van der Waals surface area contributed by atoms with Crippen LogP contribution >= 0.6 is 11.8 Å². The highest BCUT2D eigenvalue weighted by molar-refractivity contribution is 7.99. The van der Waals surface area contributed by atoms with Crippen LogP contribution in [0.25, 0.3) is 5.69 Å². The Morgan fingerprint density at radius 2 is 1.97 bits per heavy atom. The van der Waals surface area contributed by atoms with Crippen LogP contribution in [-0.2, 0) is 11.2 Å². The Morgan fingerprint density at radius 1 is 1.21 bits per heavy atom. The predicted octanol–water partition coefficient (Wildman–Crippen LogP) is 4.50. The fourth-order valence-corrected chi connectivity index (χ4v) is 4.29. The van der Waals surface area contributed by atoms with Crippen molar-refractivity contribution in [3.05, 3.63) is 71.5 Å². The molecule has 1 heterocycles. The van der Waals surface area contributed by atoms with E-state index in [-0.39, 0.29) is 11.9 Å². The molecule has 5 nitrogen and oxygen atoms in total. The minimum atomic E-state index is 0.0331. The average Bonchev–Trinajstić information content (AvgIpc) is 3.48. The lowest BCUT2D eigenvalue weighted by molar-refractivity contribution is -0.119. The van der Waals surface area contributed by atoms with Gasteiger partial charge in [-0.25, -0.2) is 0 Å². The third-order valence-corrected chi connectivity index (χ3v) is 6.27. The molecule has 1 saturated carbocycles. The van der Waals surface area contributed by atoms with Crippen LogP contribution in [0.2, 0.25) is 0 Å². The number of carbonyl (C=O) groups excluding carboxylic acids is 1. The van der Waals surface area contributed by atoms with Gasteiger partial charge < -0.3 is 5.32 Å². The topological polar surface area (TPSA) is 59.8 Å². The van der Waals surface area contributed by atoms with Gasteiger partial charge in [0.25, 0.3) is 0 Å². The Bertz CT molecular complexity index is 979. The number of hydrogen-bond acceptors (Lipinski definition) is 4. The molecule has 6 heteroatoms. The zero-order valence-electron chi connectivity index (χ0n) is 16.8.